The Morgan fingerprint density at radius 1 is 0.927 bits per heavy atom. The van der Waals surface area contributed by atoms with Gasteiger partial charge in [0.15, 0.2) is 0 Å². The van der Waals surface area contributed by atoms with E-state index in [1.165, 1.54) is 11.4 Å². The maximum atomic E-state index is 13.9. The lowest BCUT2D eigenvalue weighted by Crippen LogP contribution is -2.51. The van der Waals surface area contributed by atoms with Gasteiger partial charge < -0.3 is 15.0 Å². The molecule has 0 heterocycles. The highest BCUT2D eigenvalue weighted by atomic mass is 32.2. The van der Waals surface area contributed by atoms with E-state index in [0.717, 1.165) is 22.9 Å². The molecule has 9 heteroatoms. The van der Waals surface area contributed by atoms with E-state index in [1.807, 2.05) is 75.4 Å². The van der Waals surface area contributed by atoms with Gasteiger partial charge in [0, 0.05) is 38.0 Å². The van der Waals surface area contributed by atoms with Crippen LogP contribution >= 0.6 is 0 Å². The maximum absolute atomic E-state index is 13.9. The van der Waals surface area contributed by atoms with Gasteiger partial charge in [-0.05, 0) is 50.5 Å². The number of carbonyl (C=O) groups is 2. The fourth-order valence-electron chi connectivity index (χ4n) is 4.59. The monoisotopic (exact) mass is 579 g/mol. The summed E-state index contributed by atoms with van der Waals surface area (Å²) in [6, 6.07) is 23.5. The molecular weight excluding hydrogens is 538 g/mol. The highest BCUT2D eigenvalue weighted by Gasteiger charge is 2.31. The van der Waals surface area contributed by atoms with Crippen molar-refractivity contribution in [1.29, 1.82) is 0 Å². The van der Waals surface area contributed by atoms with Crippen molar-refractivity contribution in [3.63, 3.8) is 0 Å². The Morgan fingerprint density at radius 3 is 2.22 bits per heavy atom. The molecule has 3 aromatic rings. The molecule has 2 amide bonds. The number of aryl methyl sites for hydroxylation is 1. The number of hydrogen-bond donors (Lipinski definition) is 1. The van der Waals surface area contributed by atoms with E-state index < -0.39 is 16.1 Å². The van der Waals surface area contributed by atoms with Crippen LogP contribution in [-0.4, -0.2) is 57.1 Å². The van der Waals surface area contributed by atoms with Gasteiger partial charge >= 0.3 is 0 Å². The summed E-state index contributed by atoms with van der Waals surface area (Å²) in [5.41, 5.74) is 3.42. The third-order valence-electron chi connectivity index (χ3n) is 6.67. The first kappa shape index (κ1) is 31.7. The van der Waals surface area contributed by atoms with E-state index >= 15 is 0 Å². The Bertz CT molecular complexity index is 1390. The summed E-state index contributed by atoms with van der Waals surface area (Å²) in [6.45, 7) is 6.15. The van der Waals surface area contributed by atoms with Crippen molar-refractivity contribution in [2.24, 2.45) is 0 Å². The van der Waals surface area contributed by atoms with Crippen LogP contribution in [0.1, 0.15) is 43.4 Å². The highest BCUT2D eigenvalue weighted by molar-refractivity contribution is 7.92. The zero-order valence-corrected chi connectivity index (χ0v) is 25.4. The fraction of sp³-hybridized carbons (Fsp3) is 0.375. The Kier molecular flexibility index (Phi) is 11.3. The number of amides is 2. The number of nitrogens with one attached hydrogen (secondary N) is 1. The molecule has 0 saturated heterocycles. The second-order valence-electron chi connectivity index (χ2n) is 10.5. The lowest BCUT2D eigenvalue weighted by Gasteiger charge is -2.32. The van der Waals surface area contributed by atoms with Crippen molar-refractivity contribution in [3.8, 4) is 5.75 Å². The molecule has 0 fully saturated rings. The number of methoxy groups -OCH3 is 1. The number of carbonyl (C=O) groups excluding carboxylic acids is 2. The fourth-order valence-corrected chi connectivity index (χ4v) is 5.55. The number of ether oxygens (including phenoxy) is 1. The van der Waals surface area contributed by atoms with E-state index in [0.29, 0.717) is 17.9 Å². The van der Waals surface area contributed by atoms with Crippen molar-refractivity contribution < 1.29 is 22.7 Å². The topological polar surface area (TPSA) is 96.0 Å². The van der Waals surface area contributed by atoms with Crippen LogP contribution in [0.3, 0.4) is 0 Å². The average Bonchev–Trinajstić information content (AvgIpc) is 2.93. The summed E-state index contributed by atoms with van der Waals surface area (Å²) >= 11 is 0. The standard InChI is InChI=1S/C32H41N3O5S/c1-24(2)33-32(37)30(21-26-11-7-6-8-12-26)34(23-27-18-16-25(3)17-19-27)31(36)15-10-20-35(41(5,38)39)28-13-9-14-29(22-28)40-4/h6-9,11-14,16-19,22,24,30H,10,15,20-21,23H2,1-5H3,(H,33,37). The first-order valence-electron chi connectivity index (χ1n) is 13.8. The minimum Gasteiger partial charge on any atom is -0.497 e. The zero-order chi connectivity index (χ0) is 30.0. The Labute approximate surface area is 244 Å². The molecule has 1 unspecified atom stereocenters. The first-order valence-corrected chi connectivity index (χ1v) is 15.6. The molecule has 0 aromatic heterocycles. The molecular formula is C32H41N3O5S. The van der Waals surface area contributed by atoms with Gasteiger partial charge in [-0.15, -0.1) is 0 Å². The number of sulfonamides is 1. The summed E-state index contributed by atoms with van der Waals surface area (Å²) < 4.78 is 31.8. The zero-order valence-electron chi connectivity index (χ0n) is 24.5. The van der Waals surface area contributed by atoms with Crippen LogP contribution in [0.2, 0.25) is 0 Å². The molecule has 41 heavy (non-hydrogen) atoms. The van der Waals surface area contributed by atoms with Crippen LogP contribution in [0.4, 0.5) is 5.69 Å². The molecule has 1 N–H and O–H groups in total. The molecule has 0 radical (unpaired) electrons. The predicted octanol–water partition coefficient (Wildman–Crippen LogP) is 4.71. The molecule has 1 atom stereocenters. The minimum absolute atomic E-state index is 0.0715. The Hall–Kier alpha value is -3.85. The lowest BCUT2D eigenvalue weighted by molar-refractivity contribution is -0.141. The average molecular weight is 580 g/mol. The summed E-state index contributed by atoms with van der Waals surface area (Å²) in [5, 5.41) is 2.99. The van der Waals surface area contributed by atoms with E-state index in [4.69, 9.17) is 4.74 Å². The number of nitrogens with zero attached hydrogens (tertiary/aromatic N) is 2. The molecule has 0 aliphatic heterocycles. The third-order valence-corrected chi connectivity index (χ3v) is 7.86. The Balaban J connectivity index is 1.88. The van der Waals surface area contributed by atoms with Crippen molar-refractivity contribution in [3.05, 3.63) is 95.6 Å². The van der Waals surface area contributed by atoms with Crippen LogP contribution in [0, 0.1) is 6.92 Å². The molecule has 8 nitrogen and oxygen atoms in total. The van der Waals surface area contributed by atoms with Crippen molar-refractivity contribution >= 4 is 27.5 Å². The van der Waals surface area contributed by atoms with Gasteiger partial charge in [-0.2, -0.15) is 0 Å². The largest absolute Gasteiger partial charge is 0.497 e. The molecule has 0 aliphatic carbocycles. The van der Waals surface area contributed by atoms with E-state index in [9.17, 15) is 18.0 Å². The van der Waals surface area contributed by atoms with Gasteiger partial charge in [0.1, 0.15) is 11.8 Å². The molecule has 0 aliphatic rings. The Morgan fingerprint density at radius 2 is 1.61 bits per heavy atom. The lowest BCUT2D eigenvalue weighted by atomic mass is 10.0. The quantitative estimate of drug-likeness (QED) is 0.298. The van der Waals surface area contributed by atoms with Gasteiger partial charge in [-0.1, -0.05) is 66.2 Å². The van der Waals surface area contributed by atoms with Gasteiger partial charge in [0.25, 0.3) is 0 Å². The molecule has 0 spiro atoms. The summed E-state index contributed by atoms with van der Waals surface area (Å²) in [6.07, 6.45) is 1.85. The molecule has 3 aromatic carbocycles. The van der Waals surface area contributed by atoms with Gasteiger partial charge in [0.2, 0.25) is 21.8 Å². The number of benzene rings is 3. The normalized spacial score (nSPS) is 12.0. The van der Waals surface area contributed by atoms with Crippen molar-refractivity contribution in [2.45, 2.75) is 58.7 Å². The van der Waals surface area contributed by atoms with E-state index in [-0.39, 0.29) is 43.8 Å². The van der Waals surface area contributed by atoms with Crippen molar-refractivity contribution in [2.75, 3.05) is 24.2 Å². The maximum Gasteiger partial charge on any atom is 0.243 e. The van der Waals surface area contributed by atoms with E-state index in [2.05, 4.69) is 5.32 Å². The highest BCUT2D eigenvalue weighted by Crippen LogP contribution is 2.24. The smallest absolute Gasteiger partial charge is 0.243 e. The summed E-state index contributed by atoms with van der Waals surface area (Å²) in [5.74, 6) is 0.0966. The number of hydrogen-bond acceptors (Lipinski definition) is 5. The third kappa shape index (κ3) is 9.63. The molecule has 0 bridgehead atoms. The first-order chi connectivity index (χ1) is 19.5. The van der Waals surface area contributed by atoms with Crippen LogP contribution in [-0.2, 0) is 32.6 Å². The van der Waals surface area contributed by atoms with E-state index in [1.54, 1.807) is 29.2 Å². The second-order valence-corrected chi connectivity index (χ2v) is 12.4. The molecule has 3 rings (SSSR count). The SMILES string of the molecule is COc1cccc(N(CCCC(=O)N(Cc2ccc(C)cc2)C(Cc2ccccc2)C(=O)NC(C)C)S(C)(=O)=O)c1. The summed E-state index contributed by atoms with van der Waals surface area (Å²) in [7, 11) is -2.09. The van der Waals surface area contributed by atoms with Gasteiger partial charge in [-0.25, -0.2) is 8.42 Å². The molecule has 220 valence electrons. The number of rotatable bonds is 14. The number of anilines is 1. The summed E-state index contributed by atoms with van der Waals surface area (Å²) in [4.78, 5) is 29.0. The second kappa shape index (κ2) is 14.7. The minimum atomic E-state index is -3.61. The van der Waals surface area contributed by atoms with Gasteiger partial charge in [-0.3, -0.25) is 13.9 Å². The van der Waals surface area contributed by atoms with Crippen LogP contribution in [0.25, 0.3) is 0 Å². The predicted molar refractivity (Wildman–Crippen MR) is 163 cm³/mol. The molecule has 0 saturated carbocycles. The van der Waals surface area contributed by atoms with Gasteiger partial charge in [0.05, 0.1) is 19.1 Å². The van der Waals surface area contributed by atoms with Crippen LogP contribution < -0.4 is 14.4 Å². The van der Waals surface area contributed by atoms with Crippen LogP contribution in [0.5, 0.6) is 5.75 Å². The van der Waals surface area contributed by atoms with Crippen molar-refractivity contribution in [1.82, 2.24) is 10.2 Å². The van der Waals surface area contributed by atoms with Crippen LogP contribution in [0.15, 0.2) is 78.9 Å².